The van der Waals surface area contributed by atoms with Gasteiger partial charge in [-0.1, -0.05) is 31.2 Å². The molecule has 3 amide bonds. The van der Waals surface area contributed by atoms with Crippen molar-refractivity contribution in [3.63, 3.8) is 0 Å². The van der Waals surface area contributed by atoms with Gasteiger partial charge in [0.2, 0.25) is 0 Å². The molecule has 4 rings (SSSR count). The summed E-state index contributed by atoms with van der Waals surface area (Å²) in [6.45, 7) is 2.21. The Morgan fingerprint density at radius 2 is 1.90 bits per heavy atom. The van der Waals surface area contributed by atoms with Gasteiger partial charge in [0.15, 0.2) is 0 Å². The Balaban J connectivity index is 1.76. The summed E-state index contributed by atoms with van der Waals surface area (Å²) in [4.78, 5) is 27.6. The molecule has 3 N–H and O–H groups in total. The molecule has 30 heavy (non-hydrogen) atoms. The van der Waals surface area contributed by atoms with Gasteiger partial charge >= 0.3 is 6.03 Å². The molecule has 0 aromatic heterocycles. The van der Waals surface area contributed by atoms with Crippen LogP contribution in [0.2, 0.25) is 0 Å². The van der Waals surface area contributed by atoms with E-state index in [1.54, 1.807) is 48.5 Å². The molecule has 2 aromatic rings. The average Bonchev–Trinajstić information content (AvgIpc) is 2.75. The summed E-state index contributed by atoms with van der Waals surface area (Å²) >= 11 is 0. The normalized spacial score (nSPS) is 25.8. The molecule has 158 valence electrons. The lowest BCUT2D eigenvalue weighted by Crippen LogP contribution is -2.63. The lowest BCUT2D eigenvalue weighted by Gasteiger charge is -2.43. The van der Waals surface area contributed by atoms with E-state index < -0.39 is 17.7 Å². The molecule has 0 saturated heterocycles. The van der Waals surface area contributed by atoms with Crippen LogP contribution in [-0.2, 0) is 10.5 Å². The van der Waals surface area contributed by atoms with Crippen molar-refractivity contribution >= 4 is 23.3 Å². The number of urea groups is 1. The molecule has 1 saturated carbocycles. The molecule has 1 heterocycles. The second-order valence-electron chi connectivity index (χ2n) is 8.12. The minimum Gasteiger partial charge on any atom is -0.497 e. The monoisotopic (exact) mass is 409 g/mol. The number of rotatable bonds is 4. The SMILES string of the molecule is COc1cccc(N2C(=O)Nc3ccccc3C2(O)C(=O)NC2CCC(C)CC2)c1. The molecular formula is C23H27N3O4. The third kappa shape index (κ3) is 3.50. The number of amides is 3. The number of carbonyl (C=O) groups is 2. The van der Waals surface area contributed by atoms with Crippen LogP contribution >= 0.6 is 0 Å². The van der Waals surface area contributed by atoms with E-state index in [2.05, 4.69) is 17.6 Å². The quantitative estimate of drug-likeness (QED) is 0.720. The second-order valence-corrected chi connectivity index (χ2v) is 8.12. The number of nitrogens with one attached hydrogen (secondary N) is 2. The summed E-state index contributed by atoms with van der Waals surface area (Å²) in [5.74, 6) is 0.547. The van der Waals surface area contributed by atoms with E-state index in [4.69, 9.17) is 4.74 Å². The second kappa shape index (κ2) is 7.99. The zero-order chi connectivity index (χ0) is 21.3. The molecule has 0 spiro atoms. The highest BCUT2D eigenvalue weighted by Gasteiger charge is 2.52. The van der Waals surface area contributed by atoms with E-state index in [1.165, 1.54) is 7.11 Å². The molecular weight excluding hydrogens is 382 g/mol. The van der Waals surface area contributed by atoms with Crippen LogP contribution in [0.5, 0.6) is 5.75 Å². The van der Waals surface area contributed by atoms with Crippen LogP contribution in [0.15, 0.2) is 48.5 Å². The van der Waals surface area contributed by atoms with Crippen LogP contribution in [0.4, 0.5) is 16.2 Å². The van der Waals surface area contributed by atoms with Gasteiger partial charge in [0.25, 0.3) is 11.6 Å². The number of benzene rings is 2. The number of anilines is 2. The van der Waals surface area contributed by atoms with Crippen molar-refractivity contribution in [1.82, 2.24) is 5.32 Å². The summed E-state index contributed by atoms with van der Waals surface area (Å²) in [6, 6.07) is 12.9. The number of aliphatic hydroxyl groups is 1. The van der Waals surface area contributed by atoms with E-state index in [9.17, 15) is 14.7 Å². The molecule has 1 unspecified atom stereocenters. The Morgan fingerprint density at radius 1 is 1.17 bits per heavy atom. The van der Waals surface area contributed by atoms with E-state index in [0.717, 1.165) is 30.6 Å². The molecule has 2 aliphatic rings. The highest BCUT2D eigenvalue weighted by atomic mass is 16.5. The first kappa shape index (κ1) is 20.2. The summed E-state index contributed by atoms with van der Waals surface area (Å²) in [5, 5.41) is 17.6. The molecule has 1 aliphatic carbocycles. The minimum absolute atomic E-state index is 0.0259. The molecule has 0 bridgehead atoms. The summed E-state index contributed by atoms with van der Waals surface area (Å²) in [7, 11) is 1.52. The van der Waals surface area contributed by atoms with Crippen molar-refractivity contribution in [3.05, 3.63) is 54.1 Å². The molecule has 7 nitrogen and oxygen atoms in total. The first-order valence-electron chi connectivity index (χ1n) is 10.3. The molecule has 7 heteroatoms. The van der Waals surface area contributed by atoms with Crippen molar-refractivity contribution in [2.24, 2.45) is 5.92 Å². The Morgan fingerprint density at radius 3 is 2.63 bits per heavy atom. The van der Waals surface area contributed by atoms with Crippen molar-refractivity contribution in [2.45, 2.75) is 44.4 Å². The van der Waals surface area contributed by atoms with Gasteiger partial charge in [0.05, 0.1) is 18.5 Å². The maximum absolute atomic E-state index is 13.5. The van der Waals surface area contributed by atoms with Gasteiger partial charge in [-0.3, -0.25) is 9.69 Å². The third-order valence-corrected chi connectivity index (χ3v) is 6.05. The number of ether oxygens (including phenoxy) is 1. The van der Waals surface area contributed by atoms with Gasteiger partial charge in [0.1, 0.15) is 5.75 Å². The summed E-state index contributed by atoms with van der Waals surface area (Å²) in [6.07, 6.45) is 3.77. The Kier molecular flexibility index (Phi) is 5.39. The van der Waals surface area contributed by atoms with Gasteiger partial charge in [0, 0.05) is 17.7 Å². The average molecular weight is 409 g/mol. The number of para-hydroxylation sites is 1. The Bertz CT molecular complexity index is 955. The Labute approximate surface area is 176 Å². The van der Waals surface area contributed by atoms with Crippen LogP contribution in [0.25, 0.3) is 0 Å². The Hall–Kier alpha value is -3.06. The zero-order valence-corrected chi connectivity index (χ0v) is 17.2. The number of methoxy groups -OCH3 is 1. The minimum atomic E-state index is -2.19. The van der Waals surface area contributed by atoms with Crippen molar-refractivity contribution in [2.75, 3.05) is 17.3 Å². The summed E-state index contributed by atoms with van der Waals surface area (Å²) in [5.41, 5.74) is -1.09. The molecule has 1 atom stereocenters. The predicted molar refractivity (Wildman–Crippen MR) is 114 cm³/mol. The molecule has 1 fully saturated rings. The fourth-order valence-electron chi connectivity index (χ4n) is 4.30. The lowest BCUT2D eigenvalue weighted by atomic mass is 9.86. The van der Waals surface area contributed by atoms with Gasteiger partial charge in [-0.2, -0.15) is 0 Å². The first-order valence-corrected chi connectivity index (χ1v) is 10.3. The van der Waals surface area contributed by atoms with Gasteiger partial charge in [-0.15, -0.1) is 0 Å². The van der Waals surface area contributed by atoms with Crippen molar-refractivity contribution < 1.29 is 19.4 Å². The first-order chi connectivity index (χ1) is 14.4. The number of fused-ring (bicyclic) bond motifs is 1. The van der Waals surface area contributed by atoms with E-state index in [-0.39, 0.29) is 6.04 Å². The van der Waals surface area contributed by atoms with Crippen LogP contribution in [0.3, 0.4) is 0 Å². The molecule has 2 aromatic carbocycles. The molecule has 1 aliphatic heterocycles. The summed E-state index contributed by atoms with van der Waals surface area (Å²) < 4.78 is 5.27. The number of hydrogen-bond acceptors (Lipinski definition) is 4. The van der Waals surface area contributed by atoms with Crippen LogP contribution in [0, 0.1) is 5.92 Å². The molecule has 0 radical (unpaired) electrons. The highest BCUT2D eigenvalue weighted by molar-refractivity contribution is 6.11. The van der Waals surface area contributed by atoms with E-state index in [0.29, 0.717) is 28.6 Å². The predicted octanol–water partition coefficient (Wildman–Crippen LogP) is 3.59. The third-order valence-electron chi connectivity index (χ3n) is 6.05. The number of hydrogen-bond donors (Lipinski definition) is 3. The van der Waals surface area contributed by atoms with E-state index >= 15 is 0 Å². The van der Waals surface area contributed by atoms with Crippen molar-refractivity contribution in [3.8, 4) is 5.75 Å². The van der Waals surface area contributed by atoms with Gasteiger partial charge in [-0.05, 0) is 49.8 Å². The fourth-order valence-corrected chi connectivity index (χ4v) is 4.30. The smallest absolute Gasteiger partial charge is 0.329 e. The number of carbonyl (C=O) groups excluding carboxylic acids is 2. The maximum atomic E-state index is 13.5. The topological polar surface area (TPSA) is 90.9 Å². The van der Waals surface area contributed by atoms with Crippen LogP contribution in [0.1, 0.15) is 38.2 Å². The fraction of sp³-hybridized carbons (Fsp3) is 0.391. The standard InChI is InChI=1S/C23H27N3O4/c1-15-10-12-16(13-11-15)24-21(27)23(29)19-8-3-4-9-20(19)25-22(28)26(23)17-6-5-7-18(14-17)30-2/h3-9,14-16,29H,10-13H2,1-2H3,(H,24,27)(H,25,28). The largest absolute Gasteiger partial charge is 0.497 e. The number of nitrogens with zero attached hydrogens (tertiary/aromatic N) is 1. The van der Waals surface area contributed by atoms with Crippen molar-refractivity contribution in [1.29, 1.82) is 0 Å². The van der Waals surface area contributed by atoms with Crippen LogP contribution in [-0.4, -0.2) is 30.2 Å². The van der Waals surface area contributed by atoms with Crippen LogP contribution < -0.4 is 20.3 Å². The lowest BCUT2D eigenvalue weighted by molar-refractivity contribution is -0.141. The maximum Gasteiger partial charge on any atom is 0.329 e. The van der Waals surface area contributed by atoms with Gasteiger partial charge < -0.3 is 20.5 Å². The van der Waals surface area contributed by atoms with Gasteiger partial charge in [-0.25, -0.2) is 4.79 Å². The van der Waals surface area contributed by atoms with E-state index in [1.807, 2.05) is 0 Å². The zero-order valence-electron chi connectivity index (χ0n) is 17.2. The highest BCUT2D eigenvalue weighted by Crippen LogP contribution is 2.40.